The molecule has 0 saturated carbocycles. The van der Waals surface area contributed by atoms with Gasteiger partial charge >= 0.3 is 6.09 Å². The SMILES string of the molecule is CCOc1c(C(C)n2nc(C)c3c(N)ncnc32)cc(Cl)c([N+](=O)[O-])c1C1CNC(=O)O1. The molecule has 1 aliphatic heterocycles. The largest absolute Gasteiger partial charge is 0.493 e. The van der Waals surface area contributed by atoms with Gasteiger partial charge in [0.2, 0.25) is 0 Å². The molecule has 168 valence electrons. The molecule has 2 unspecified atom stereocenters. The summed E-state index contributed by atoms with van der Waals surface area (Å²) >= 11 is 6.36. The average Bonchev–Trinajstić information content (AvgIpc) is 3.32. The van der Waals surface area contributed by atoms with Gasteiger partial charge in [0.1, 0.15) is 28.5 Å². The van der Waals surface area contributed by atoms with Crippen LogP contribution in [0.4, 0.5) is 16.3 Å². The van der Waals surface area contributed by atoms with Gasteiger partial charge in [-0.2, -0.15) is 5.10 Å². The van der Waals surface area contributed by atoms with Gasteiger partial charge in [0.15, 0.2) is 11.8 Å². The van der Waals surface area contributed by atoms with Crippen LogP contribution in [0.3, 0.4) is 0 Å². The molecule has 2 aromatic heterocycles. The first kappa shape index (κ1) is 21.6. The van der Waals surface area contributed by atoms with E-state index in [0.717, 1.165) is 0 Å². The number of anilines is 1. The van der Waals surface area contributed by atoms with E-state index in [1.807, 2.05) is 6.92 Å². The third-order valence-electron chi connectivity index (χ3n) is 5.25. The van der Waals surface area contributed by atoms with E-state index in [1.54, 1.807) is 18.5 Å². The van der Waals surface area contributed by atoms with Gasteiger partial charge < -0.3 is 20.5 Å². The van der Waals surface area contributed by atoms with Crippen molar-refractivity contribution in [2.24, 2.45) is 0 Å². The molecule has 3 aromatic rings. The molecule has 0 spiro atoms. The van der Waals surface area contributed by atoms with E-state index < -0.39 is 23.2 Å². The van der Waals surface area contributed by atoms with Crippen molar-refractivity contribution in [3.05, 3.63) is 44.4 Å². The Balaban J connectivity index is 1.97. The number of cyclic esters (lactones) is 1. The molecule has 1 amide bonds. The van der Waals surface area contributed by atoms with Crippen LogP contribution in [0.2, 0.25) is 5.02 Å². The molecule has 0 bridgehead atoms. The summed E-state index contributed by atoms with van der Waals surface area (Å²) in [6.45, 7) is 5.62. The first-order valence-electron chi connectivity index (χ1n) is 9.77. The highest BCUT2D eigenvalue weighted by Crippen LogP contribution is 2.46. The lowest BCUT2D eigenvalue weighted by atomic mass is 9.97. The van der Waals surface area contributed by atoms with E-state index in [1.165, 1.54) is 12.4 Å². The number of benzene rings is 1. The number of carbonyl (C=O) groups is 1. The molecule has 13 heteroatoms. The minimum Gasteiger partial charge on any atom is -0.493 e. The molecule has 32 heavy (non-hydrogen) atoms. The zero-order valence-electron chi connectivity index (χ0n) is 17.5. The van der Waals surface area contributed by atoms with Crippen LogP contribution in [-0.2, 0) is 4.74 Å². The Morgan fingerprint density at radius 1 is 1.50 bits per heavy atom. The molecule has 1 aliphatic rings. The summed E-state index contributed by atoms with van der Waals surface area (Å²) in [5, 5.41) is 19.4. The Kier molecular flexibility index (Phi) is 5.46. The number of rotatable bonds is 6. The Labute approximate surface area is 186 Å². The number of aryl methyl sites for hydroxylation is 1. The van der Waals surface area contributed by atoms with E-state index >= 15 is 0 Å². The van der Waals surface area contributed by atoms with Gasteiger partial charge in [-0.25, -0.2) is 19.4 Å². The number of alkyl carbamates (subject to hydrolysis) is 1. The van der Waals surface area contributed by atoms with Gasteiger partial charge in [0.05, 0.1) is 35.2 Å². The predicted octanol–water partition coefficient (Wildman–Crippen LogP) is 3.07. The number of nitro groups is 1. The zero-order chi connectivity index (χ0) is 23.2. The topological polar surface area (TPSA) is 160 Å². The predicted molar refractivity (Wildman–Crippen MR) is 115 cm³/mol. The lowest BCUT2D eigenvalue weighted by Gasteiger charge is -2.22. The summed E-state index contributed by atoms with van der Waals surface area (Å²) in [5.74, 6) is 0.503. The standard InChI is InChI=1S/C19H20ClN7O5/c1-4-31-16-10(9(3)26-18-13(8(2)25-26)17(21)23-7-24-18)5-11(20)15(27(29)30)14(16)12-6-22-19(28)32-12/h5,7,9,12H,4,6H2,1-3H3,(H,22,28)(H2,21,23,24). The van der Waals surface area contributed by atoms with Crippen LogP contribution in [0.5, 0.6) is 5.75 Å². The zero-order valence-corrected chi connectivity index (χ0v) is 18.2. The number of hydrogen-bond donors (Lipinski definition) is 2. The molecule has 1 fully saturated rings. The molecule has 0 aliphatic carbocycles. The van der Waals surface area contributed by atoms with Crippen molar-refractivity contribution >= 4 is 40.2 Å². The number of nitrogens with zero attached hydrogens (tertiary/aromatic N) is 5. The summed E-state index contributed by atoms with van der Waals surface area (Å²) in [6, 6.07) is 0.959. The maximum atomic E-state index is 11.9. The van der Waals surface area contributed by atoms with Gasteiger partial charge in [-0.1, -0.05) is 11.6 Å². The highest BCUT2D eigenvalue weighted by atomic mass is 35.5. The van der Waals surface area contributed by atoms with Gasteiger partial charge in [-0.15, -0.1) is 0 Å². The van der Waals surface area contributed by atoms with Crippen molar-refractivity contribution in [1.29, 1.82) is 0 Å². The molecule has 3 heterocycles. The lowest BCUT2D eigenvalue weighted by Crippen LogP contribution is -2.16. The number of nitrogen functional groups attached to an aromatic ring is 1. The van der Waals surface area contributed by atoms with E-state index in [4.69, 9.17) is 26.8 Å². The number of carbonyl (C=O) groups excluding carboxylic acids is 1. The van der Waals surface area contributed by atoms with Crippen molar-refractivity contribution in [1.82, 2.24) is 25.1 Å². The maximum Gasteiger partial charge on any atom is 0.407 e. The average molecular weight is 462 g/mol. The number of halogens is 1. The minimum absolute atomic E-state index is 0.0431. The molecule has 0 radical (unpaired) electrons. The van der Waals surface area contributed by atoms with Gasteiger partial charge in [0, 0.05) is 5.56 Å². The maximum absolute atomic E-state index is 11.9. The fraction of sp³-hybridized carbons (Fsp3) is 0.368. The van der Waals surface area contributed by atoms with Crippen molar-refractivity contribution in [2.75, 3.05) is 18.9 Å². The minimum atomic E-state index is -0.942. The number of nitrogens with two attached hydrogens (primary N) is 1. The Morgan fingerprint density at radius 3 is 2.88 bits per heavy atom. The Morgan fingerprint density at radius 2 is 2.25 bits per heavy atom. The number of nitrogens with one attached hydrogen (secondary N) is 1. The monoisotopic (exact) mass is 461 g/mol. The van der Waals surface area contributed by atoms with Crippen LogP contribution in [0.1, 0.15) is 42.8 Å². The first-order valence-corrected chi connectivity index (χ1v) is 10.2. The number of fused-ring (bicyclic) bond motifs is 1. The number of ether oxygens (including phenoxy) is 2. The summed E-state index contributed by atoms with van der Waals surface area (Å²) in [5.41, 5.74) is 7.36. The molecule has 1 saturated heterocycles. The van der Waals surface area contributed by atoms with Crippen molar-refractivity contribution < 1.29 is 19.2 Å². The first-order chi connectivity index (χ1) is 15.2. The van der Waals surface area contributed by atoms with Gasteiger partial charge in [-0.05, 0) is 26.8 Å². The van der Waals surface area contributed by atoms with Gasteiger partial charge in [-0.3, -0.25) is 10.1 Å². The van der Waals surface area contributed by atoms with E-state index in [-0.39, 0.29) is 35.2 Å². The normalized spacial score (nSPS) is 16.6. The molecule has 4 rings (SSSR count). The van der Waals surface area contributed by atoms with Crippen LogP contribution in [-0.4, -0.2) is 43.9 Å². The molecule has 12 nitrogen and oxygen atoms in total. The second-order valence-electron chi connectivity index (χ2n) is 7.17. The second kappa shape index (κ2) is 8.11. The number of nitro benzene ring substituents is 1. The Bertz CT molecular complexity index is 1240. The third-order valence-corrected chi connectivity index (χ3v) is 5.54. The highest BCUT2D eigenvalue weighted by molar-refractivity contribution is 6.33. The summed E-state index contributed by atoms with van der Waals surface area (Å²) in [6.07, 6.45) is -0.283. The van der Waals surface area contributed by atoms with Crippen molar-refractivity contribution in [3.8, 4) is 5.75 Å². The van der Waals surface area contributed by atoms with Crippen LogP contribution >= 0.6 is 11.6 Å². The van der Waals surface area contributed by atoms with E-state index in [0.29, 0.717) is 28.1 Å². The number of amides is 1. The molecular weight excluding hydrogens is 442 g/mol. The van der Waals surface area contributed by atoms with E-state index in [2.05, 4.69) is 20.4 Å². The molecule has 2 atom stereocenters. The Hall–Kier alpha value is -3.67. The van der Waals surface area contributed by atoms with E-state index in [9.17, 15) is 14.9 Å². The smallest absolute Gasteiger partial charge is 0.407 e. The number of aromatic nitrogens is 4. The molecular formula is C19H20ClN7O5. The fourth-order valence-corrected chi connectivity index (χ4v) is 4.17. The van der Waals surface area contributed by atoms with Crippen LogP contribution in [0, 0.1) is 17.0 Å². The van der Waals surface area contributed by atoms with Gasteiger partial charge in [0.25, 0.3) is 5.69 Å². The summed E-state index contributed by atoms with van der Waals surface area (Å²) in [7, 11) is 0. The quantitative estimate of drug-likeness (QED) is 0.415. The highest BCUT2D eigenvalue weighted by Gasteiger charge is 2.38. The molecule has 1 aromatic carbocycles. The molecule has 3 N–H and O–H groups in total. The summed E-state index contributed by atoms with van der Waals surface area (Å²) < 4.78 is 12.8. The second-order valence-corrected chi connectivity index (χ2v) is 7.57. The van der Waals surface area contributed by atoms with Crippen LogP contribution in [0.25, 0.3) is 11.0 Å². The number of hydrogen-bond acceptors (Lipinski definition) is 9. The fourth-order valence-electron chi connectivity index (χ4n) is 3.88. The van der Waals surface area contributed by atoms with Crippen molar-refractivity contribution in [3.63, 3.8) is 0 Å². The summed E-state index contributed by atoms with van der Waals surface area (Å²) in [4.78, 5) is 31.2. The van der Waals surface area contributed by atoms with Crippen molar-refractivity contribution in [2.45, 2.75) is 32.9 Å². The van der Waals surface area contributed by atoms with Crippen LogP contribution in [0.15, 0.2) is 12.4 Å². The lowest BCUT2D eigenvalue weighted by molar-refractivity contribution is -0.386. The van der Waals surface area contributed by atoms with Crippen LogP contribution < -0.4 is 15.8 Å². The third kappa shape index (κ3) is 3.42.